The maximum atomic E-state index is 12.9. The monoisotopic (exact) mass is 424 g/mol. The van der Waals surface area contributed by atoms with Crippen LogP contribution >= 0.6 is 0 Å². The van der Waals surface area contributed by atoms with Crippen molar-refractivity contribution in [3.05, 3.63) is 70.8 Å². The Morgan fingerprint density at radius 2 is 1.58 bits per heavy atom. The minimum atomic E-state index is -0.488. The summed E-state index contributed by atoms with van der Waals surface area (Å²) in [7, 11) is 0. The van der Waals surface area contributed by atoms with Gasteiger partial charge in [0.1, 0.15) is 19.7 Å². The SMILES string of the molecule is CCOC(=O)c1cccc(C)c1C(=O)OCC[N+]1(Cc2ccccc2)CCCCCC1. The molecule has 1 heterocycles. The molecule has 0 bridgehead atoms. The number of benzene rings is 2. The molecule has 166 valence electrons. The highest BCUT2D eigenvalue weighted by Crippen LogP contribution is 2.23. The van der Waals surface area contributed by atoms with Crippen molar-refractivity contribution >= 4 is 11.9 Å². The summed E-state index contributed by atoms with van der Waals surface area (Å²) in [5.41, 5.74) is 2.62. The zero-order valence-corrected chi connectivity index (χ0v) is 18.8. The predicted molar refractivity (Wildman–Crippen MR) is 121 cm³/mol. The average molecular weight is 425 g/mol. The third kappa shape index (κ3) is 6.17. The Labute approximate surface area is 185 Å². The molecule has 0 aliphatic carbocycles. The smallest absolute Gasteiger partial charge is 0.339 e. The zero-order chi connectivity index (χ0) is 22.1. The van der Waals surface area contributed by atoms with Gasteiger partial charge in [0.2, 0.25) is 0 Å². The highest BCUT2D eigenvalue weighted by Gasteiger charge is 2.30. The van der Waals surface area contributed by atoms with Crippen molar-refractivity contribution < 1.29 is 23.5 Å². The first-order valence-electron chi connectivity index (χ1n) is 11.4. The van der Waals surface area contributed by atoms with Crippen LogP contribution in [-0.4, -0.2) is 49.3 Å². The van der Waals surface area contributed by atoms with Crippen molar-refractivity contribution in [2.45, 2.75) is 46.1 Å². The molecule has 0 aromatic heterocycles. The molecule has 0 saturated carbocycles. The summed E-state index contributed by atoms with van der Waals surface area (Å²) in [6, 6.07) is 15.8. The molecular weight excluding hydrogens is 390 g/mol. The van der Waals surface area contributed by atoms with Gasteiger partial charge in [-0.1, -0.05) is 42.5 Å². The second kappa shape index (κ2) is 11.1. The quantitative estimate of drug-likeness (QED) is 0.446. The van der Waals surface area contributed by atoms with Crippen LogP contribution in [0.4, 0.5) is 0 Å². The molecule has 1 aliphatic rings. The number of carbonyl (C=O) groups is 2. The highest BCUT2D eigenvalue weighted by atomic mass is 16.5. The maximum Gasteiger partial charge on any atom is 0.339 e. The van der Waals surface area contributed by atoms with Gasteiger partial charge in [-0.2, -0.15) is 0 Å². The standard InChI is InChI=1S/C26H34NO4/c1-3-30-25(28)23-15-11-12-21(2)24(23)26(29)31-19-18-27(16-9-4-5-10-17-27)20-22-13-7-6-8-14-22/h6-8,11-15H,3-5,9-10,16-20H2,1-2H3/q+1. The van der Waals surface area contributed by atoms with E-state index in [0.29, 0.717) is 12.2 Å². The van der Waals surface area contributed by atoms with Crippen molar-refractivity contribution in [3.8, 4) is 0 Å². The van der Waals surface area contributed by atoms with Crippen LogP contribution in [0.25, 0.3) is 0 Å². The van der Waals surface area contributed by atoms with Crippen LogP contribution in [0.5, 0.6) is 0 Å². The highest BCUT2D eigenvalue weighted by molar-refractivity contribution is 6.04. The molecule has 0 spiro atoms. The van der Waals surface area contributed by atoms with E-state index in [1.54, 1.807) is 19.1 Å². The molecule has 2 aromatic rings. The van der Waals surface area contributed by atoms with E-state index in [4.69, 9.17) is 9.47 Å². The zero-order valence-electron chi connectivity index (χ0n) is 18.8. The lowest BCUT2D eigenvalue weighted by atomic mass is 10.0. The molecule has 0 amide bonds. The summed E-state index contributed by atoms with van der Waals surface area (Å²) in [5, 5.41) is 0. The third-order valence-corrected chi connectivity index (χ3v) is 6.15. The van der Waals surface area contributed by atoms with E-state index in [-0.39, 0.29) is 12.2 Å². The molecule has 2 aromatic carbocycles. The summed E-state index contributed by atoms with van der Waals surface area (Å²) in [6.45, 7) is 8.11. The van der Waals surface area contributed by atoms with E-state index in [1.165, 1.54) is 31.2 Å². The van der Waals surface area contributed by atoms with Crippen LogP contribution < -0.4 is 0 Å². The van der Waals surface area contributed by atoms with Crippen LogP contribution in [-0.2, 0) is 16.0 Å². The van der Waals surface area contributed by atoms with Crippen molar-refractivity contribution in [3.63, 3.8) is 0 Å². The fourth-order valence-corrected chi connectivity index (χ4v) is 4.51. The molecule has 31 heavy (non-hydrogen) atoms. The molecule has 0 unspecified atom stereocenters. The van der Waals surface area contributed by atoms with Crippen LogP contribution in [0.15, 0.2) is 48.5 Å². The predicted octanol–water partition coefficient (Wildman–Crippen LogP) is 4.92. The van der Waals surface area contributed by atoms with Crippen molar-refractivity contribution in [2.75, 3.05) is 32.8 Å². The van der Waals surface area contributed by atoms with E-state index in [0.717, 1.165) is 36.2 Å². The van der Waals surface area contributed by atoms with Gasteiger partial charge in [0.15, 0.2) is 0 Å². The first-order valence-corrected chi connectivity index (χ1v) is 11.4. The van der Waals surface area contributed by atoms with E-state index in [1.807, 2.05) is 19.1 Å². The number of aryl methyl sites for hydroxylation is 1. The van der Waals surface area contributed by atoms with E-state index in [9.17, 15) is 9.59 Å². The summed E-state index contributed by atoms with van der Waals surface area (Å²) in [6.07, 6.45) is 4.93. The normalized spacial score (nSPS) is 15.7. The Morgan fingerprint density at radius 1 is 0.871 bits per heavy atom. The summed E-state index contributed by atoms with van der Waals surface area (Å²) >= 11 is 0. The lowest BCUT2D eigenvalue weighted by Crippen LogP contribution is -2.50. The van der Waals surface area contributed by atoms with Gasteiger partial charge < -0.3 is 14.0 Å². The Bertz CT molecular complexity index is 870. The maximum absolute atomic E-state index is 12.9. The number of quaternary nitrogens is 1. The number of hydrogen-bond donors (Lipinski definition) is 0. The molecule has 1 aliphatic heterocycles. The molecule has 5 heteroatoms. The second-order valence-electron chi connectivity index (χ2n) is 8.42. The van der Waals surface area contributed by atoms with Gasteiger partial charge in [0.05, 0.1) is 30.8 Å². The largest absolute Gasteiger partial charge is 0.462 e. The molecule has 1 fully saturated rings. The Hall–Kier alpha value is -2.66. The number of hydrogen-bond acceptors (Lipinski definition) is 4. The fraction of sp³-hybridized carbons (Fsp3) is 0.462. The van der Waals surface area contributed by atoms with Gasteiger partial charge in [0, 0.05) is 5.56 Å². The topological polar surface area (TPSA) is 52.6 Å². The van der Waals surface area contributed by atoms with Gasteiger partial charge in [-0.3, -0.25) is 0 Å². The van der Waals surface area contributed by atoms with Crippen LogP contribution in [0, 0.1) is 6.92 Å². The minimum absolute atomic E-state index is 0.265. The molecule has 1 saturated heterocycles. The summed E-state index contributed by atoms with van der Waals surface area (Å²) in [4.78, 5) is 25.2. The Kier molecular flexibility index (Phi) is 8.24. The van der Waals surface area contributed by atoms with E-state index >= 15 is 0 Å². The fourth-order valence-electron chi connectivity index (χ4n) is 4.51. The average Bonchev–Trinajstić information content (AvgIpc) is 3.00. The lowest BCUT2D eigenvalue weighted by molar-refractivity contribution is -0.940. The first kappa shape index (κ1) is 23.0. The lowest BCUT2D eigenvalue weighted by Gasteiger charge is -2.38. The van der Waals surface area contributed by atoms with Gasteiger partial charge in [-0.05, 0) is 51.2 Å². The summed E-state index contributed by atoms with van der Waals surface area (Å²) in [5.74, 6) is -0.938. The van der Waals surface area contributed by atoms with Crippen molar-refractivity contribution in [1.29, 1.82) is 0 Å². The van der Waals surface area contributed by atoms with Gasteiger partial charge in [-0.25, -0.2) is 9.59 Å². The van der Waals surface area contributed by atoms with Crippen molar-refractivity contribution in [1.82, 2.24) is 0 Å². The van der Waals surface area contributed by atoms with Crippen molar-refractivity contribution in [2.24, 2.45) is 0 Å². The van der Waals surface area contributed by atoms with Crippen LogP contribution in [0.1, 0.15) is 64.4 Å². The molecular formula is C26H34NO4+. The number of nitrogens with zero attached hydrogens (tertiary/aromatic N) is 1. The number of carbonyl (C=O) groups excluding carboxylic acids is 2. The minimum Gasteiger partial charge on any atom is -0.462 e. The summed E-state index contributed by atoms with van der Waals surface area (Å²) < 4.78 is 11.8. The Morgan fingerprint density at radius 3 is 2.26 bits per heavy atom. The Balaban J connectivity index is 1.71. The molecule has 0 atom stereocenters. The molecule has 0 N–H and O–H groups in total. The van der Waals surface area contributed by atoms with Gasteiger partial charge >= 0.3 is 11.9 Å². The number of likely N-dealkylation sites (tertiary alicyclic amines) is 1. The van der Waals surface area contributed by atoms with Crippen LogP contribution in [0.3, 0.4) is 0 Å². The van der Waals surface area contributed by atoms with E-state index < -0.39 is 11.9 Å². The molecule has 3 rings (SSSR count). The molecule has 0 radical (unpaired) electrons. The second-order valence-corrected chi connectivity index (χ2v) is 8.42. The van der Waals surface area contributed by atoms with Crippen LogP contribution in [0.2, 0.25) is 0 Å². The van der Waals surface area contributed by atoms with Gasteiger partial charge in [0.25, 0.3) is 0 Å². The number of rotatable bonds is 8. The van der Waals surface area contributed by atoms with E-state index in [2.05, 4.69) is 24.3 Å². The number of esters is 2. The molecule has 5 nitrogen and oxygen atoms in total. The number of ether oxygens (including phenoxy) is 2. The first-order chi connectivity index (χ1) is 15.0. The third-order valence-electron chi connectivity index (χ3n) is 6.15. The van der Waals surface area contributed by atoms with Gasteiger partial charge in [-0.15, -0.1) is 0 Å².